The molecule has 30 heavy (non-hydrogen) atoms. The molecule has 0 amide bonds. The number of aliphatic hydroxyl groups is 1. The molecule has 0 aliphatic rings. The number of aryl methyl sites for hydroxylation is 2. The van der Waals surface area contributed by atoms with Gasteiger partial charge in [0.2, 0.25) is 0 Å². The van der Waals surface area contributed by atoms with Gasteiger partial charge in [0.25, 0.3) is 5.56 Å². The normalized spacial score (nSPS) is 11.8. The van der Waals surface area contributed by atoms with Gasteiger partial charge in [0.05, 0.1) is 0 Å². The van der Waals surface area contributed by atoms with Gasteiger partial charge in [0.1, 0.15) is 11.5 Å². The summed E-state index contributed by atoms with van der Waals surface area (Å²) >= 11 is 0. The van der Waals surface area contributed by atoms with Gasteiger partial charge in [-0.2, -0.15) is 13.8 Å². The molecule has 2 heterocycles. The van der Waals surface area contributed by atoms with E-state index in [1.165, 1.54) is 40.4 Å². The maximum atomic E-state index is 13.1. The predicted octanol–water partition coefficient (Wildman–Crippen LogP) is 2.08. The lowest BCUT2D eigenvalue weighted by Crippen LogP contribution is -2.39. The number of imidazole rings is 1. The fraction of sp³-hybridized carbons (Fsp3) is 0.421. The van der Waals surface area contributed by atoms with Crippen molar-refractivity contribution in [1.29, 1.82) is 0 Å². The van der Waals surface area contributed by atoms with Crippen LogP contribution >= 0.6 is 0 Å². The van der Waals surface area contributed by atoms with Crippen molar-refractivity contribution in [3.63, 3.8) is 0 Å². The zero-order valence-electron chi connectivity index (χ0n) is 16.8. The van der Waals surface area contributed by atoms with E-state index in [9.17, 15) is 18.4 Å². The number of hydrogen-bond donors (Lipinski definition) is 1. The fourth-order valence-corrected chi connectivity index (χ4v) is 3.06. The summed E-state index contributed by atoms with van der Waals surface area (Å²) in [7, 11) is 1.48. The van der Waals surface area contributed by atoms with E-state index in [-0.39, 0.29) is 48.2 Å². The minimum atomic E-state index is -3.35. The summed E-state index contributed by atoms with van der Waals surface area (Å²) in [6.45, 7) is 2.60. The van der Waals surface area contributed by atoms with Gasteiger partial charge in [-0.25, -0.2) is 4.79 Å². The maximum Gasteiger partial charge on any atom is 0.394 e. The molecule has 0 unspecified atom stereocenters. The Morgan fingerprint density at radius 2 is 1.90 bits per heavy atom. The summed E-state index contributed by atoms with van der Waals surface area (Å²) in [6, 6.07) is 5.66. The topological polar surface area (TPSA) is 101 Å². The van der Waals surface area contributed by atoms with E-state index in [1.807, 2.05) is 0 Å². The van der Waals surface area contributed by atoms with E-state index in [1.54, 1.807) is 6.92 Å². The minimum Gasteiger partial charge on any atom is -0.433 e. The Hall–Kier alpha value is -3.21. The summed E-state index contributed by atoms with van der Waals surface area (Å²) in [5.41, 5.74) is -0.808. The quantitative estimate of drug-likeness (QED) is 0.594. The molecule has 9 nitrogen and oxygen atoms in total. The number of rotatable bonds is 8. The van der Waals surface area contributed by atoms with E-state index in [0.717, 1.165) is 4.57 Å². The second kappa shape index (κ2) is 8.27. The highest BCUT2D eigenvalue weighted by Gasteiger charge is 2.24. The Kier molecular flexibility index (Phi) is 5.92. The highest BCUT2D eigenvalue weighted by atomic mass is 19.3. The molecule has 0 aliphatic heterocycles. The molecular formula is C19H22F2N4O5. The number of hydrogen-bond acceptors (Lipinski definition) is 6. The molecule has 0 radical (unpaired) electrons. The predicted molar refractivity (Wildman–Crippen MR) is 104 cm³/mol. The number of aromatic nitrogens is 4. The third-order valence-electron chi connectivity index (χ3n) is 4.37. The van der Waals surface area contributed by atoms with E-state index >= 15 is 0 Å². The first-order chi connectivity index (χ1) is 14.2. The van der Waals surface area contributed by atoms with Gasteiger partial charge < -0.3 is 14.6 Å². The van der Waals surface area contributed by atoms with Crippen molar-refractivity contribution in [2.24, 2.45) is 7.05 Å². The molecule has 3 aromatic rings. The molecule has 0 spiro atoms. The van der Waals surface area contributed by atoms with Crippen LogP contribution in [-0.2, 0) is 20.1 Å². The van der Waals surface area contributed by atoms with Gasteiger partial charge in [-0.1, -0.05) is 6.07 Å². The van der Waals surface area contributed by atoms with Gasteiger partial charge in [-0.15, -0.1) is 0 Å². The summed E-state index contributed by atoms with van der Waals surface area (Å²) in [4.78, 5) is 29.7. The highest BCUT2D eigenvalue weighted by Crippen LogP contribution is 2.29. The van der Waals surface area contributed by atoms with Crippen LogP contribution in [0, 0.1) is 0 Å². The van der Waals surface area contributed by atoms with Gasteiger partial charge in [0.15, 0.2) is 11.2 Å². The lowest BCUT2D eigenvalue weighted by molar-refractivity contribution is -0.158. The Morgan fingerprint density at radius 1 is 1.20 bits per heavy atom. The molecule has 3 rings (SSSR count). The molecule has 0 fully saturated rings. The van der Waals surface area contributed by atoms with Gasteiger partial charge in [0, 0.05) is 39.7 Å². The number of ether oxygens (including phenoxy) is 2. The standard InChI is InChI=1S/C19H22F2N4O5/c1-4-24-14-15(23(3)18(28)25(16(14)27)9-6-10-26)22-17(24)29-12-7-5-8-13(11-12)30-19(2,20)21/h5,7-8,11,26H,4,6,9-10H2,1-3H3. The number of halogens is 2. The first-order valence-electron chi connectivity index (χ1n) is 9.32. The fourth-order valence-electron chi connectivity index (χ4n) is 3.06. The van der Waals surface area contributed by atoms with Crippen molar-refractivity contribution in [2.75, 3.05) is 6.61 Å². The Labute approximate surface area is 169 Å². The van der Waals surface area contributed by atoms with Crippen LogP contribution in [0.2, 0.25) is 0 Å². The highest BCUT2D eigenvalue weighted by molar-refractivity contribution is 5.72. The van der Waals surface area contributed by atoms with Crippen LogP contribution in [0.15, 0.2) is 33.9 Å². The van der Waals surface area contributed by atoms with E-state index in [0.29, 0.717) is 13.5 Å². The third-order valence-corrected chi connectivity index (χ3v) is 4.37. The first-order valence-corrected chi connectivity index (χ1v) is 9.32. The average molecular weight is 424 g/mol. The summed E-state index contributed by atoms with van der Waals surface area (Å²) < 4.78 is 40.3. The Bertz CT molecular complexity index is 1180. The summed E-state index contributed by atoms with van der Waals surface area (Å²) in [5, 5.41) is 9.03. The number of nitrogens with zero attached hydrogens (tertiary/aromatic N) is 4. The molecule has 2 aromatic heterocycles. The number of alkyl halides is 2. The van der Waals surface area contributed by atoms with Crippen LogP contribution in [0.3, 0.4) is 0 Å². The first kappa shape index (κ1) is 21.5. The van der Waals surface area contributed by atoms with Crippen molar-refractivity contribution in [1.82, 2.24) is 18.7 Å². The molecule has 11 heteroatoms. The van der Waals surface area contributed by atoms with Crippen LogP contribution in [0.5, 0.6) is 17.5 Å². The van der Waals surface area contributed by atoms with Gasteiger partial charge in [-0.3, -0.25) is 18.5 Å². The van der Waals surface area contributed by atoms with Crippen molar-refractivity contribution >= 4 is 11.2 Å². The molecule has 1 N–H and O–H groups in total. The molecule has 0 atom stereocenters. The van der Waals surface area contributed by atoms with Crippen LogP contribution < -0.4 is 20.7 Å². The molecule has 0 aliphatic carbocycles. The average Bonchev–Trinajstić information content (AvgIpc) is 3.03. The zero-order valence-corrected chi connectivity index (χ0v) is 16.8. The second-order valence-corrected chi connectivity index (χ2v) is 6.67. The van der Waals surface area contributed by atoms with Gasteiger partial charge in [-0.05, 0) is 25.5 Å². The lowest BCUT2D eigenvalue weighted by atomic mass is 10.3. The van der Waals surface area contributed by atoms with Crippen molar-refractivity contribution in [3.05, 3.63) is 45.1 Å². The summed E-state index contributed by atoms with van der Waals surface area (Å²) in [5.74, 6) is 0.0743. The van der Waals surface area contributed by atoms with Crippen LogP contribution in [0.25, 0.3) is 11.2 Å². The minimum absolute atomic E-state index is 0.0277. The largest absolute Gasteiger partial charge is 0.433 e. The smallest absolute Gasteiger partial charge is 0.394 e. The van der Waals surface area contributed by atoms with Crippen molar-refractivity contribution in [3.8, 4) is 17.5 Å². The summed E-state index contributed by atoms with van der Waals surface area (Å²) in [6.07, 6.45) is -3.10. The zero-order chi connectivity index (χ0) is 22.1. The van der Waals surface area contributed by atoms with Crippen LogP contribution in [-0.4, -0.2) is 36.5 Å². The molecule has 0 bridgehead atoms. The molecular weight excluding hydrogens is 402 g/mol. The van der Waals surface area contributed by atoms with E-state index < -0.39 is 17.4 Å². The maximum absolute atomic E-state index is 13.1. The Morgan fingerprint density at radius 3 is 2.53 bits per heavy atom. The number of fused-ring (bicyclic) bond motifs is 1. The SMILES string of the molecule is CCn1c(Oc2cccc(OC(C)(F)F)c2)nc2c1c(=O)n(CCCO)c(=O)n2C. The monoisotopic (exact) mass is 424 g/mol. The van der Waals surface area contributed by atoms with E-state index in [4.69, 9.17) is 9.84 Å². The molecule has 0 saturated carbocycles. The third kappa shape index (κ3) is 4.20. The molecule has 1 aromatic carbocycles. The van der Waals surface area contributed by atoms with Gasteiger partial charge >= 0.3 is 17.8 Å². The number of aliphatic hydroxyl groups excluding tert-OH is 1. The second-order valence-electron chi connectivity index (χ2n) is 6.67. The van der Waals surface area contributed by atoms with Crippen LogP contribution in [0.4, 0.5) is 8.78 Å². The van der Waals surface area contributed by atoms with Crippen LogP contribution in [0.1, 0.15) is 20.3 Å². The molecule has 162 valence electrons. The van der Waals surface area contributed by atoms with Crippen molar-refractivity contribution in [2.45, 2.75) is 39.5 Å². The Balaban J connectivity index is 2.09. The van der Waals surface area contributed by atoms with E-state index in [2.05, 4.69) is 9.72 Å². The van der Waals surface area contributed by atoms with Crippen molar-refractivity contribution < 1.29 is 23.4 Å². The molecule has 0 saturated heterocycles. The lowest BCUT2D eigenvalue weighted by Gasteiger charge is -2.14. The number of benzene rings is 1.